The van der Waals surface area contributed by atoms with E-state index in [1.165, 1.54) is 0 Å². The summed E-state index contributed by atoms with van der Waals surface area (Å²) in [5.74, 6) is -0.829. The molecular formula is C20H23N2O4P+2. The number of carboxylic acid groups (broad SMARTS) is 1. The van der Waals surface area contributed by atoms with E-state index in [2.05, 4.69) is 4.57 Å². The Morgan fingerprint density at radius 2 is 1.74 bits per heavy atom. The highest BCUT2D eigenvalue weighted by Gasteiger charge is 2.31. The maximum atomic E-state index is 12.2. The number of hydrogen-bond donors (Lipinski definition) is 2. The Kier molecular flexibility index (Phi) is 5.40. The van der Waals surface area contributed by atoms with Gasteiger partial charge in [-0.1, -0.05) is 6.07 Å². The number of anilines is 1. The van der Waals surface area contributed by atoms with E-state index in [-0.39, 0.29) is 6.42 Å². The Hall–Kier alpha value is -2.56. The van der Waals surface area contributed by atoms with Crippen molar-refractivity contribution < 1.29 is 23.9 Å². The van der Waals surface area contributed by atoms with Crippen LogP contribution in [0.25, 0.3) is 21.8 Å². The minimum atomic E-state index is -2.54. The molecule has 0 aliphatic carbocycles. The SMILES string of the molecule is Cc1ccc2c([P+](=O)O)c3ccc(N(C)C)cc3[n+](CCCC(=O)O)c2c1. The Morgan fingerprint density at radius 3 is 2.33 bits per heavy atom. The van der Waals surface area contributed by atoms with E-state index in [0.29, 0.717) is 18.3 Å². The van der Waals surface area contributed by atoms with Gasteiger partial charge in [-0.25, -0.2) is 0 Å². The average Bonchev–Trinajstić information content (AvgIpc) is 2.60. The van der Waals surface area contributed by atoms with E-state index in [0.717, 1.165) is 33.1 Å². The van der Waals surface area contributed by atoms with Gasteiger partial charge < -0.3 is 10.0 Å². The number of carboxylic acids is 1. The zero-order chi connectivity index (χ0) is 19.7. The molecule has 7 heteroatoms. The van der Waals surface area contributed by atoms with Gasteiger partial charge in [0.2, 0.25) is 11.0 Å². The molecule has 2 aromatic carbocycles. The van der Waals surface area contributed by atoms with Gasteiger partial charge in [-0.15, -0.1) is 0 Å². The van der Waals surface area contributed by atoms with Crippen molar-refractivity contribution in [3.05, 3.63) is 42.0 Å². The molecule has 0 bridgehead atoms. The molecule has 140 valence electrons. The third-order valence-corrected chi connectivity index (χ3v) is 5.57. The second kappa shape index (κ2) is 7.59. The van der Waals surface area contributed by atoms with Gasteiger partial charge in [-0.05, 0) is 35.3 Å². The standard InChI is InChI=1S/C20H21N2O4P/c1-13-6-8-15-17(11-13)22(10-4-5-19(23)24)18-12-14(21(2)3)7-9-16(18)20(15)27(25)26/h6-9,11-12H,4-5,10H2,1-3H3/p+2. The number of benzene rings is 2. The first-order valence-electron chi connectivity index (χ1n) is 8.75. The van der Waals surface area contributed by atoms with E-state index in [9.17, 15) is 14.3 Å². The quantitative estimate of drug-likeness (QED) is 0.387. The molecule has 1 heterocycles. The van der Waals surface area contributed by atoms with E-state index in [4.69, 9.17) is 5.11 Å². The van der Waals surface area contributed by atoms with Crippen LogP contribution in [0.1, 0.15) is 18.4 Å². The summed E-state index contributed by atoms with van der Waals surface area (Å²) in [4.78, 5) is 23.0. The molecule has 0 spiro atoms. The monoisotopic (exact) mass is 386 g/mol. The molecule has 0 aliphatic heterocycles. The normalized spacial score (nSPS) is 11.8. The second-order valence-corrected chi connectivity index (χ2v) is 7.88. The summed E-state index contributed by atoms with van der Waals surface area (Å²) in [6.07, 6.45) is 0.556. The van der Waals surface area contributed by atoms with Crippen LogP contribution in [0.4, 0.5) is 5.69 Å². The molecule has 27 heavy (non-hydrogen) atoms. The number of rotatable bonds is 6. The number of carbonyl (C=O) groups is 1. The van der Waals surface area contributed by atoms with Crippen molar-refractivity contribution in [1.82, 2.24) is 0 Å². The second-order valence-electron chi connectivity index (χ2n) is 6.89. The largest absolute Gasteiger partial charge is 0.547 e. The Morgan fingerprint density at radius 1 is 1.11 bits per heavy atom. The van der Waals surface area contributed by atoms with Gasteiger partial charge in [0.05, 0.1) is 6.42 Å². The topological polar surface area (TPSA) is 81.7 Å². The summed E-state index contributed by atoms with van der Waals surface area (Å²) in [6, 6.07) is 11.6. The van der Waals surface area contributed by atoms with Gasteiger partial charge in [0, 0.05) is 38.3 Å². The first-order valence-corrected chi connectivity index (χ1v) is 9.96. The van der Waals surface area contributed by atoms with Crippen LogP contribution in [0.5, 0.6) is 0 Å². The van der Waals surface area contributed by atoms with Crippen molar-refractivity contribution in [2.24, 2.45) is 0 Å². The molecule has 1 aromatic heterocycles. The molecule has 3 aromatic rings. The molecule has 0 saturated carbocycles. The van der Waals surface area contributed by atoms with E-state index < -0.39 is 14.0 Å². The fraction of sp³-hybridized carbons (Fsp3) is 0.300. The van der Waals surface area contributed by atoms with Crippen LogP contribution in [0.3, 0.4) is 0 Å². The molecule has 1 atom stereocenters. The highest BCUT2D eigenvalue weighted by atomic mass is 31.1. The lowest BCUT2D eigenvalue weighted by Crippen LogP contribution is -2.38. The molecule has 1 unspecified atom stereocenters. The molecule has 2 N–H and O–H groups in total. The van der Waals surface area contributed by atoms with Crippen LogP contribution in [0, 0.1) is 6.92 Å². The predicted molar refractivity (Wildman–Crippen MR) is 107 cm³/mol. The Balaban J connectivity index is 2.39. The number of aryl methyl sites for hydroxylation is 2. The Labute approximate surface area is 158 Å². The van der Waals surface area contributed by atoms with E-state index in [1.807, 2.05) is 62.3 Å². The number of hydrogen-bond acceptors (Lipinski definition) is 3. The number of nitrogens with zero attached hydrogens (tertiary/aromatic N) is 2. The highest BCUT2D eigenvalue weighted by molar-refractivity contribution is 7.48. The fourth-order valence-electron chi connectivity index (χ4n) is 3.40. The summed E-state index contributed by atoms with van der Waals surface area (Å²) in [5, 5.41) is 10.9. The number of pyridine rings is 1. The molecule has 0 saturated heterocycles. The molecule has 6 nitrogen and oxygen atoms in total. The lowest BCUT2D eigenvalue weighted by molar-refractivity contribution is -0.645. The van der Waals surface area contributed by atoms with Gasteiger partial charge in [-0.3, -0.25) is 4.79 Å². The third kappa shape index (κ3) is 3.77. The van der Waals surface area contributed by atoms with Crippen molar-refractivity contribution >= 4 is 46.8 Å². The molecule has 0 aliphatic rings. The minimum Gasteiger partial charge on any atom is -0.481 e. The van der Waals surface area contributed by atoms with Crippen LogP contribution >= 0.6 is 8.03 Å². The summed E-state index contributed by atoms with van der Waals surface area (Å²) in [7, 11) is 1.34. The molecule has 3 rings (SSSR count). The lowest BCUT2D eigenvalue weighted by Gasteiger charge is -2.13. The van der Waals surface area contributed by atoms with Crippen LogP contribution in [0.2, 0.25) is 0 Å². The van der Waals surface area contributed by atoms with Gasteiger partial charge in [0.25, 0.3) is 5.30 Å². The highest BCUT2D eigenvalue weighted by Crippen LogP contribution is 2.29. The van der Waals surface area contributed by atoms with Gasteiger partial charge in [0.15, 0.2) is 0 Å². The first-order chi connectivity index (χ1) is 12.8. The van der Waals surface area contributed by atoms with Gasteiger partial charge in [0.1, 0.15) is 17.3 Å². The van der Waals surface area contributed by atoms with Crippen molar-refractivity contribution in [2.75, 3.05) is 19.0 Å². The summed E-state index contributed by atoms with van der Waals surface area (Å²) in [5.41, 5.74) is 3.69. The first kappa shape index (κ1) is 19.2. The smallest absolute Gasteiger partial charge is 0.481 e. The minimum absolute atomic E-state index is 0.0746. The van der Waals surface area contributed by atoms with Crippen LogP contribution in [-0.4, -0.2) is 30.1 Å². The van der Waals surface area contributed by atoms with Crippen molar-refractivity contribution in [3.63, 3.8) is 0 Å². The summed E-state index contributed by atoms with van der Waals surface area (Å²) in [6.45, 7) is 2.49. The van der Waals surface area contributed by atoms with Crippen molar-refractivity contribution in [1.29, 1.82) is 0 Å². The average molecular weight is 386 g/mol. The zero-order valence-corrected chi connectivity index (χ0v) is 16.5. The molecule has 0 amide bonds. The molecular weight excluding hydrogens is 363 g/mol. The lowest BCUT2D eigenvalue weighted by atomic mass is 10.1. The number of aromatic nitrogens is 1. The molecule has 0 fully saturated rings. The Bertz CT molecular complexity index is 1060. The summed E-state index contributed by atoms with van der Waals surface area (Å²) >= 11 is 0. The predicted octanol–water partition coefficient (Wildman–Crippen LogP) is 2.88. The third-order valence-electron chi connectivity index (χ3n) is 4.71. The maximum Gasteiger partial charge on any atom is 0.547 e. The van der Waals surface area contributed by atoms with Gasteiger partial charge in [-0.2, -0.15) is 9.46 Å². The molecule has 0 radical (unpaired) electrons. The van der Waals surface area contributed by atoms with Crippen molar-refractivity contribution in [3.8, 4) is 0 Å². The van der Waals surface area contributed by atoms with E-state index in [1.54, 1.807) is 0 Å². The van der Waals surface area contributed by atoms with Crippen LogP contribution in [0.15, 0.2) is 36.4 Å². The van der Waals surface area contributed by atoms with Crippen molar-refractivity contribution in [2.45, 2.75) is 26.3 Å². The maximum absolute atomic E-state index is 12.2. The van der Waals surface area contributed by atoms with E-state index >= 15 is 0 Å². The van der Waals surface area contributed by atoms with Crippen LogP contribution in [-0.2, 0) is 15.9 Å². The van der Waals surface area contributed by atoms with Crippen LogP contribution < -0.4 is 14.8 Å². The fourth-order valence-corrected chi connectivity index (χ4v) is 4.19. The zero-order valence-electron chi connectivity index (χ0n) is 15.6. The summed E-state index contributed by atoms with van der Waals surface area (Å²) < 4.78 is 14.3. The number of fused-ring (bicyclic) bond motifs is 2. The number of aliphatic carboxylic acids is 1. The van der Waals surface area contributed by atoms with Gasteiger partial charge >= 0.3 is 14.0 Å².